The number of carbonyl (C=O) groups excluding carboxylic acids is 1. The summed E-state index contributed by atoms with van der Waals surface area (Å²) in [5.74, 6) is -1.08. The van der Waals surface area contributed by atoms with Crippen LogP contribution < -0.4 is 5.32 Å². The van der Waals surface area contributed by atoms with Gasteiger partial charge in [0.15, 0.2) is 0 Å². The quantitative estimate of drug-likeness (QED) is 0.457. The molecule has 0 aliphatic carbocycles. The average molecular weight is 502 g/mol. The first-order chi connectivity index (χ1) is 14.7. The van der Waals surface area contributed by atoms with Crippen molar-refractivity contribution in [2.75, 3.05) is 11.9 Å². The van der Waals surface area contributed by atoms with E-state index in [0.717, 1.165) is 4.31 Å². The summed E-state index contributed by atoms with van der Waals surface area (Å²) in [6.45, 7) is -0.760. The highest BCUT2D eigenvalue weighted by Gasteiger charge is 2.28. The lowest BCUT2D eigenvalue weighted by molar-refractivity contribution is -0.116. The Morgan fingerprint density at radius 3 is 2.06 bits per heavy atom. The number of amides is 1. The average Bonchev–Trinajstić information content (AvgIpc) is 2.72. The summed E-state index contributed by atoms with van der Waals surface area (Å²) in [5, 5.41) is 3.45. The van der Waals surface area contributed by atoms with Crippen molar-refractivity contribution in [3.8, 4) is 0 Å². The third-order valence-electron chi connectivity index (χ3n) is 4.30. The van der Waals surface area contributed by atoms with Crippen LogP contribution in [0.3, 0.4) is 0 Å². The maximum atomic E-state index is 13.3. The molecule has 0 aromatic heterocycles. The summed E-state index contributed by atoms with van der Waals surface area (Å²) in [7, 11) is -4.11. The molecule has 0 atom stereocenters. The fourth-order valence-electron chi connectivity index (χ4n) is 2.74. The van der Waals surface area contributed by atoms with Crippen LogP contribution in [-0.2, 0) is 21.4 Å². The molecule has 0 saturated carbocycles. The second-order valence-electron chi connectivity index (χ2n) is 6.48. The molecule has 0 radical (unpaired) electrons. The smallest absolute Gasteiger partial charge is 0.243 e. The predicted octanol–water partition coefficient (Wildman–Crippen LogP) is 5.62. The van der Waals surface area contributed by atoms with Gasteiger partial charge in [-0.05, 0) is 60.7 Å². The SMILES string of the molecule is O=C(CN(Cc1c(Cl)cccc1Cl)S(=O)(=O)c1ccc(Cl)cc1)Nc1ccc(F)cc1. The number of hydrogen-bond donors (Lipinski definition) is 1. The summed E-state index contributed by atoms with van der Waals surface area (Å²) in [4.78, 5) is 12.6. The Bertz CT molecular complexity index is 1170. The van der Waals surface area contributed by atoms with Gasteiger partial charge in [0.25, 0.3) is 0 Å². The first kappa shape index (κ1) is 23.5. The first-order valence-electron chi connectivity index (χ1n) is 8.91. The summed E-state index contributed by atoms with van der Waals surface area (Å²) >= 11 is 18.3. The zero-order valence-electron chi connectivity index (χ0n) is 15.9. The summed E-state index contributed by atoms with van der Waals surface area (Å²) in [5.41, 5.74) is 0.684. The molecule has 3 aromatic carbocycles. The van der Waals surface area contributed by atoms with Crippen molar-refractivity contribution in [2.24, 2.45) is 0 Å². The summed E-state index contributed by atoms with van der Waals surface area (Å²) in [6.07, 6.45) is 0. The van der Waals surface area contributed by atoms with Crippen LogP contribution in [0.25, 0.3) is 0 Å². The van der Waals surface area contributed by atoms with Gasteiger partial charge in [-0.2, -0.15) is 4.31 Å². The van der Waals surface area contributed by atoms with Gasteiger partial charge in [-0.3, -0.25) is 4.79 Å². The molecule has 0 fully saturated rings. The summed E-state index contributed by atoms with van der Waals surface area (Å²) < 4.78 is 40.6. The predicted molar refractivity (Wildman–Crippen MR) is 121 cm³/mol. The number of hydrogen-bond acceptors (Lipinski definition) is 3. The molecule has 10 heteroatoms. The second kappa shape index (κ2) is 9.97. The Kier molecular flexibility index (Phi) is 7.56. The molecule has 0 aliphatic rings. The van der Waals surface area contributed by atoms with Crippen LogP contribution >= 0.6 is 34.8 Å². The van der Waals surface area contributed by atoms with Crippen LogP contribution in [0.5, 0.6) is 0 Å². The lowest BCUT2D eigenvalue weighted by Gasteiger charge is -2.23. The Labute approximate surface area is 194 Å². The molecule has 1 N–H and O–H groups in total. The van der Waals surface area contributed by atoms with E-state index in [9.17, 15) is 17.6 Å². The van der Waals surface area contributed by atoms with Gasteiger partial charge in [-0.15, -0.1) is 0 Å². The van der Waals surface area contributed by atoms with Crippen LogP contribution in [0.15, 0.2) is 71.6 Å². The monoisotopic (exact) mass is 500 g/mol. The van der Waals surface area contributed by atoms with Crippen molar-refractivity contribution >= 4 is 56.4 Å². The van der Waals surface area contributed by atoms with Gasteiger partial charge < -0.3 is 5.32 Å². The normalized spacial score (nSPS) is 11.5. The molecule has 31 heavy (non-hydrogen) atoms. The molecule has 3 rings (SSSR count). The minimum atomic E-state index is -4.11. The van der Waals surface area contributed by atoms with Gasteiger partial charge in [0.05, 0.1) is 11.4 Å². The fourth-order valence-corrected chi connectivity index (χ4v) is 4.74. The molecule has 0 bridgehead atoms. The third kappa shape index (κ3) is 5.96. The van der Waals surface area contributed by atoms with E-state index >= 15 is 0 Å². The van der Waals surface area contributed by atoms with E-state index in [4.69, 9.17) is 34.8 Å². The molecule has 0 heterocycles. The topological polar surface area (TPSA) is 66.5 Å². The highest BCUT2D eigenvalue weighted by atomic mass is 35.5. The van der Waals surface area contributed by atoms with Gasteiger partial charge in [0.1, 0.15) is 5.82 Å². The number of halogens is 4. The molecule has 3 aromatic rings. The van der Waals surface area contributed by atoms with Gasteiger partial charge in [0.2, 0.25) is 15.9 Å². The van der Waals surface area contributed by atoms with E-state index in [0.29, 0.717) is 16.3 Å². The maximum absolute atomic E-state index is 13.3. The molecule has 0 aliphatic heterocycles. The standard InChI is InChI=1S/C21H16Cl3FN2O3S/c22-14-4-10-17(11-5-14)31(29,30)27(12-18-19(23)2-1-3-20(18)24)13-21(28)26-16-8-6-15(25)7-9-16/h1-11H,12-13H2,(H,26,28). The van der Waals surface area contributed by atoms with Crippen molar-refractivity contribution < 1.29 is 17.6 Å². The fraction of sp³-hybridized carbons (Fsp3) is 0.0952. The van der Waals surface area contributed by atoms with Crippen molar-refractivity contribution in [3.05, 3.63) is 93.2 Å². The third-order valence-corrected chi connectivity index (χ3v) is 7.06. The van der Waals surface area contributed by atoms with Crippen LogP contribution in [0.4, 0.5) is 10.1 Å². The Balaban J connectivity index is 1.92. The minimum Gasteiger partial charge on any atom is -0.325 e. The van der Waals surface area contributed by atoms with E-state index in [1.165, 1.54) is 48.5 Å². The number of nitrogens with zero attached hydrogens (tertiary/aromatic N) is 1. The molecular formula is C21H16Cl3FN2O3S. The zero-order chi connectivity index (χ0) is 22.6. The van der Waals surface area contributed by atoms with E-state index in [1.807, 2.05) is 0 Å². The number of rotatable bonds is 7. The second-order valence-corrected chi connectivity index (χ2v) is 9.67. The maximum Gasteiger partial charge on any atom is 0.243 e. The highest BCUT2D eigenvalue weighted by Crippen LogP contribution is 2.28. The van der Waals surface area contributed by atoms with Crippen molar-refractivity contribution in [1.29, 1.82) is 0 Å². The Morgan fingerprint density at radius 2 is 1.48 bits per heavy atom. The molecule has 1 amide bonds. The first-order valence-corrected chi connectivity index (χ1v) is 11.5. The molecule has 0 spiro atoms. The highest BCUT2D eigenvalue weighted by molar-refractivity contribution is 7.89. The van der Waals surface area contributed by atoms with Gasteiger partial charge in [-0.25, -0.2) is 12.8 Å². The lowest BCUT2D eigenvalue weighted by atomic mass is 10.2. The number of nitrogens with one attached hydrogen (secondary N) is 1. The van der Waals surface area contributed by atoms with E-state index < -0.39 is 28.3 Å². The molecular weight excluding hydrogens is 486 g/mol. The van der Waals surface area contributed by atoms with Crippen LogP contribution in [0, 0.1) is 5.82 Å². The molecule has 0 unspecified atom stereocenters. The van der Waals surface area contributed by atoms with Gasteiger partial charge in [-0.1, -0.05) is 40.9 Å². The molecule has 0 saturated heterocycles. The van der Waals surface area contributed by atoms with Crippen LogP contribution in [-0.4, -0.2) is 25.2 Å². The lowest BCUT2D eigenvalue weighted by Crippen LogP contribution is -2.37. The van der Waals surface area contributed by atoms with Gasteiger partial charge in [0, 0.05) is 32.9 Å². The van der Waals surface area contributed by atoms with Crippen molar-refractivity contribution in [1.82, 2.24) is 4.31 Å². The largest absolute Gasteiger partial charge is 0.325 e. The number of benzene rings is 3. The summed E-state index contributed by atoms with van der Waals surface area (Å²) in [6, 6.07) is 15.5. The van der Waals surface area contributed by atoms with E-state index in [2.05, 4.69) is 5.32 Å². The molecule has 5 nitrogen and oxygen atoms in total. The minimum absolute atomic E-state index is 0.0466. The van der Waals surface area contributed by atoms with E-state index in [1.54, 1.807) is 18.2 Å². The van der Waals surface area contributed by atoms with Crippen molar-refractivity contribution in [3.63, 3.8) is 0 Å². The van der Waals surface area contributed by atoms with Crippen molar-refractivity contribution in [2.45, 2.75) is 11.4 Å². The molecule has 162 valence electrons. The van der Waals surface area contributed by atoms with E-state index in [-0.39, 0.29) is 21.5 Å². The zero-order valence-corrected chi connectivity index (χ0v) is 18.9. The Morgan fingerprint density at radius 1 is 0.903 bits per heavy atom. The number of anilines is 1. The Hall–Kier alpha value is -2.16. The van der Waals surface area contributed by atoms with Gasteiger partial charge >= 0.3 is 0 Å². The van der Waals surface area contributed by atoms with Crippen LogP contribution in [0.1, 0.15) is 5.56 Å². The number of carbonyl (C=O) groups is 1. The van der Waals surface area contributed by atoms with Crippen LogP contribution in [0.2, 0.25) is 15.1 Å². The number of sulfonamides is 1.